The van der Waals surface area contributed by atoms with Crippen molar-refractivity contribution in [2.75, 3.05) is 32.1 Å². The molecule has 1 aliphatic carbocycles. The molecule has 0 saturated carbocycles. The molecule has 40 heavy (non-hydrogen) atoms. The Morgan fingerprint density at radius 2 is 1.82 bits per heavy atom. The van der Waals surface area contributed by atoms with Gasteiger partial charge in [-0.3, -0.25) is 5.32 Å². The van der Waals surface area contributed by atoms with Crippen molar-refractivity contribution < 1.29 is 23.4 Å². The van der Waals surface area contributed by atoms with Gasteiger partial charge in [0, 0.05) is 0 Å². The topological polar surface area (TPSA) is 91.7 Å². The predicted molar refractivity (Wildman–Crippen MR) is 149 cm³/mol. The lowest BCUT2D eigenvalue weighted by Crippen LogP contribution is -2.45. The number of aliphatic hydroxyl groups excluding tert-OH is 1. The van der Waals surface area contributed by atoms with Crippen molar-refractivity contribution in [3.05, 3.63) is 70.8 Å². The Morgan fingerprint density at radius 1 is 1.15 bits per heavy atom. The second-order valence-corrected chi connectivity index (χ2v) is 11.7. The van der Waals surface area contributed by atoms with Gasteiger partial charge in [0.05, 0.1) is 30.0 Å². The number of nitrogens with zero attached hydrogens (tertiary/aromatic N) is 3. The van der Waals surface area contributed by atoms with Crippen LogP contribution in [0.2, 0.25) is 0 Å². The van der Waals surface area contributed by atoms with Gasteiger partial charge in [0.2, 0.25) is 5.88 Å². The lowest BCUT2D eigenvalue weighted by Gasteiger charge is -2.40. The number of aliphatic hydroxyl groups is 1. The zero-order chi connectivity index (χ0) is 28.6. The number of nitrogens with one attached hydrogen (secondary N) is 2. The maximum atomic E-state index is 14.3. The van der Waals surface area contributed by atoms with E-state index in [9.17, 15) is 18.7 Å². The Hall–Kier alpha value is -3.50. The Bertz CT molecular complexity index is 1370. The van der Waals surface area contributed by atoms with Crippen LogP contribution in [0, 0.1) is 24.5 Å². The van der Waals surface area contributed by atoms with Crippen LogP contribution in [0.5, 0.6) is 5.88 Å². The van der Waals surface area contributed by atoms with Crippen molar-refractivity contribution >= 4 is 11.8 Å². The van der Waals surface area contributed by atoms with Gasteiger partial charge in [-0.25, -0.2) is 18.3 Å². The van der Waals surface area contributed by atoms with Gasteiger partial charge < -0.3 is 20.1 Å². The Labute approximate surface area is 233 Å². The predicted octanol–water partition coefficient (Wildman–Crippen LogP) is 5.08. The number of carbonyl (C=O) groups excluding carboxylic acids is 1. The van der Waals surface area contributed by atoms with Gasteiger partial charge in [-0.2, -0.15) is 0 Å². The number of amides is 2. The fraction of sp³-hybridized carbons (Fsp3) is 0.467. The molecule has 0 radical (unpaired) electrons. The average molecular weight is 554 g/mol. The number of rotatable bonds is 6. The monoisotopic (exact) mass is 553 g/mol. The lowest BCUT2D eigenvalue weighted by atomic mass is 9.69. The molecule has 10 heteroatoms. The molecule has 0 spiro atoms. The first-order valence-electron chi connectivity index (χ1n) is 13.7. The Kier molecular flexibility index (Phi) is 7.83. The molecule has 1 aliphatic heterocycles. The summed E-state index contributed by atoms with van der Waals surface area (Å²) in [5, 5.41) is 21.3. The molecule has 2 heterocycles. The SMILES string of the molecule is Cc1c(OCC2CCN(C)CC2)nn(-c2ccccc2)c1NC(=O)N[C@@H]1c2cc(F)c(F)cc2C(C)(C)C[C@H]1O. The molecule has 5 rings (SSSR count). The zero-order valence-electron chi connectivity index (χ0n) is 23.4. The van der Waals surface area contributed by atoms with Crippen molar-refractivity contribution in [1.29, 1.82) is 0 Å². The molecular formula is C30H37F2N5O3. The minimum absolute atomic E-state index is 0.270. The van der Waals surface area contributed by atoms with E-state index in [1.165, 1.54) is 0 Å². The number of piperidine rings is 1. The highest BCUT2D eigenvalue weighted by atomic mass is 19.2. The molecule has 1 aromatic heterocycles. The van der Waals surface area contributed by atoms with E-state index in [-0.39, 0.29) is 6.42 Å². The molecule has 214 valence electrons. The molecule has 0 bridgehead atoms. The number of carbonyl (C=O) groups is 1. The summed E-state index contributed by atoms with van der Waals surface area (Å²) in [5.41, 5.74) is 1.70. The highest BCUT2D eigenvalue weighted by molar-refractivity contribution is 5.90. The van der Waals surface area contributed by atoms with Crippen molar-refractivity contribution in [1.82, 2.24) is 20.0 Å². The van der Waals surface area contributed by atoms with Crippen LogP contribution >= 0.6 is 0 Å². The summed E-state index contributed by atoms with van der Waals surface area (Å²) in [6, 6.07) is 10.1. The van der Waals surface area contributed by atoms with E-state index in [4.69, 9.17) is 4.74 Å². The Morgan fingerprint density at radius 3 is 2.52 bits per heavy atom. The number of fused-ring (bicyclic) bond motifs is 1. The largest absolute Gasteiger partial charge is 0.476 e. The van der Waals surface area contributed by atoms with Gasteiger partial charge >= 0.3 is 6.03 Å². The van der Waals surface area contributed by atoms with E-state index >= 15 is 0 Å². The summed E-state index contributed by atoms with van der Waals surface area (Å²) in [4.78, 5) is 15.6. The fourth-order valence-electron chi connectivity index (χ4n) is 5.76. The van der Waals surface area contributed by atoms with Crippen molar-refractivity contribution in [2.24, 2.45) is 5.92 Å². The second kappa shape index (κ2) is 11.2. The fourth-order valence-corrected chi connectivity index (χ4v) is 5.76. The smallest absolute Gasteiger partial charge is 0.320 e. The zero-order valence-corrected chi connectivity index (χ0v) is 23.4. The summed E-state index contributed by atoms with van der Waals surface area (Å²) in [6.07, 6.45) is 1.38. The van der Waals surface area contributed by atoms with Crippen LogP contribution in [0.3, 0.4) is 0 Å². The number of hydrogen-bond acceptors (Lipinski definition) is 5. The number of ether oxygens (including phenoxy) is 1. The molecule has 0 unspecified atom stereocenters. The maximum Gasteiger partial charge on any atom is 0.320 e. The first kappa shape index (κ1) is 28.0. The summed E-state index contributed by atoms with van der Waals surface area (Å²) in [6.45, 7) is 8.15. The molecule has 1 fully saturated rings. The van der Waals surface area contributed by atoms with E-state index in [0.717, 1.165) is 43.8 Å². The highest BCUT2D eigenvalue weighted by Gasteiger charge is 2.40. The number of anilines is 1. The van der Waals surface area contributed by atoms with Gasteiger partial charge in [0.15, 0.2) is 11.6 Å². The molecular weight excluding hydrogens is 516 g/mol. The van der Waals surface area contributed by atoms with Crippen molar-refractivity contribution in [2.45, 2.75) is 57.6 Å². The molecule has 2 atom stereocenters. The molecule has 2 aromatic carbocycles. The van der Waals surface area contributed by atoms with E-state index in [1.54, 1.807) is 4.68 Å². The highest BCUT2D eigenvalue weighted by Crippen LogP contribution is 2.42. The van der Waals surface area contributed by atoms with Crippen LogP contribution in [0.1, 0.15) is 55.8 Å². The summed E-state index contributed by atoms with van der Waals surface area (Å²) >= 11 is 0. The number of aromatic nitrogens is 2. The molecule has 2 aliphatic rings. The number of likely N-dealkylation sites (tertiary alicyclic amines) is 1. The minimum Gasteiger partial charge on any atom is -0.476 e. The third-order valence-corrected chi connectivity index (χ3v) is 8.15. The number of halogens is 2. The van der Waals surface area contributed by atoms with Crippen LogP contribution < -0.4 is 15.4 Å². The van der Waals surface area contributed by atoms with Crippen molar-refractivity contribution in [3.63, 3.8) is 0 Å². The lowest BCUT2D eigenvalue weighted by molar-refractivity contribution is 0.0878. The van der Waals surface area contributed by atoms with Gasteiger partial charge in [-0.1, -0.05) is 32.0 Å². The van der Waals surface area contributed by atoms with Gasteiger partial charge in [0.1, 0.15) is 5.82 Å². The molecule has 3 N–H and O–H groups in total. The van der Waals surface area contributed by atoms with E-state index in [1.807, 2.05) is 51.1 Å². The Balaban J connectivity index is 1.39. The molecule has 8 nitrogen and oxygen atoms in total. The van der Waals surface area contributed by atoms with E-state index in [0.29, 0.717) is 40.9 Å². The normalized spacial score (nSPS) is 21.1. The molecule has 1 saturated heterocycles. The summed E-state index contributed by atoms with van der Waals surface area (Å²) in [7, 11) is 2.12. The number of hydrogen-bond donors (Lipinski definition) is 3. The van der Waals surface area contributed by atoms with Gasteiger partial charge in [0.25, 0.3) is 0 Å². The third kappa shape index (κ3) is 5.69. The minimum atomic E-state index is -1.03. The summed E-state index contributed by atoms with van der Waals surface area (Å²) < 4.78 is 36.1. The van der Waals surface area contributed by atoms with Crippen LogP contribution in [0.15, 0.2) is 42.5 Å². The summed E-state index contributed by atoms with van der Waals surface area (Å²) in [5.74, 6) is -0.708. The van der Waals surface area contributed by atoms with Crippen LogP contribution in [0.25, 0.3) is 5.69 Å². The van der Waals surface area contributed by atoms with Gasteiger partial charge in [-0.05, 0) is 93.0 Å². The van der Waals surface area contributed by atoms with Crippen LogP contribution in [-0.4, -0.2) is 58.7 Å². The standard InChI is InChI=1S/C30H37F2N5O3/c1-18-27(34-29(39)33-26-21-14-23(31)24(32)15-22(21)30(2,3)16-25(26)38)37(20-8-6-5-7-9-20)35-28(18)40-17-19-10-12-36(4)13-11-19/h5-9,14-15,19,25-26,38H,10-13,16-17H2,1-4H3,(H2,33,34,39)/t25-,26-/m1/s1. The van der Waals surface area contributed by atoms with Gasteiger partial charge in [-0.15, -0.1) is 5.10 Å². The molecule has 2 amide bonds. The van der Waals surface area contributed by atoms with Crippen LogP contribution in [0.4, 0.5) is 19.4 Å². The van der Waals surface area contributed by atoms with E-state index < -0.39 is 35.2 Å². The van der Waals surface area contributed by atoms with E-state index in [2.05, 4.69) is 27.7 Å². The second-order valence-electron chi connectivity index (χ2n) is 11.7. The number of urea groups is 1. The van der Waals surface area contributed by atoms with Crippen molar-refractivity contribution in [3.8, 4) is 11.6 Å². The van der Waals surface area contributed by atoms with Crippen LogP contribution in [-0.2, 0) is 5.41 Å². The first-order chi connectivity index (χ1) is 19.0. The number of benzene rings is 2. The molecule has 3 aromatic rings. The maximum absolute atomic E-state index is 14.3. The first-order valence-corrected chi connectivity index (χ1v) is 13.7. The quantitative estimate of drug-likeness (QED) is 0.396. The number of para-hydroxylation sites is 1. The third-order valence-electron chi connectivity index (χ3n) is 8.15. The average Bonchev–Trinajstić information content (AvgIpc) is 3.22.